The van der Waals surface area contributed by atoms with Gasteiger partial charge in [0.1, 0.15) is 11.8 Å². The summed E-state index contributed by atoms with van der Waals surface area (Å²) in [7, 11) is 1.65. The molecule has 0 saturated carbocycles. The molecule has 4 rings (SSSR count). The van der Waals surface area contributed by atoms with Gasteiger partial charge in [-0.3, -0.25) is 14.4 Å². The number of amides is 3. The maximum atomic E-state index is 13.1. The number of nitrogens with zero attached hydrogens (tertiary/aromatic N) is 2. The molecule has 2 aliphatic rings. The van der Waals surface area contributed by atoms with Gasteiger partial charge in [0.2, 0.25) is 17.7 Å². The van der Waals surface area contributed by atoms with Crippen LogP contribution in [-0.2, 0) is 20.8 Å². The molecule has 0 spiro atoms. The number of ether oxygens (including phenoxy) is 1. The molecule has 2 fully saturated rings. The van der Waals surface area contributed by atoms with Gasteiger partial charge in [0.15, 0.2) is 0 Å². The molecule has 2 atom stereocenters. The molecule has 3 amide bonds. The average Bonchev–Trinajstić information content (AvgIpc) is 3.19. The fourth-order valence-electron chi connectivity index (χ4n) is 4.63. The van der Waals surface area contributed by atoms with E-state index in [2.05, 4.69) is 17.4 Å². The summed E-state index contributed by atoms with van der Waals surface area (Å²) in [6.07, 6.45) is 1.86. The third-order valence-electron chi connectivity index (χ3n) is 6.60. The molecule has 1 N–H and O–H groups in total. The first-order valence-corrected chi connectivity index (χ1v) is 11.6. The monoisotopic (exact) mass is 449 g/mol. The van der Waals surface area contributed by atoms with Crippen molar-refractivity contribution < 1.29 is 19.1 Å². The van der Waals surface area contributed by atoms with Crippen molar-refractivity contribution in [3.8, 4) is 16.9 Å². The number of nitrogens with one attached hydrogen (secondary N) is 1. The summed E-state index contributed by atoms with van der Waals surface area (Å²) in [5.74, 6) is 0.409. The largest absolute Gasteiger partial charge is 0.497 e. The Labute approximate surface area is 194 Å². The molecule has 0 aliphatic carbocycles. The normalized spacial score (nSPS) is 19.8. The van der Waals surface area contributed by atoms with Crippen molar-refractivity contribution in [2.75, 3.05) is 33.3 Å². The predicted octanol–water partition coefficient (Wildman–Crippen LogP) is 2.49. The Morgan fingerprint density at radius 2 is 1.73 bits per heavy atom. The summed E-state index contributed by atoms with van der Waals surface area (Å²) in [4.78, 5) is 41.3. The molecule has 7 nitrogen and oxygen atoms in total. The topological polar surface area (TPSA) is 79.0 Å². The van der Waals surface area contributed by atoms with E-state index in [0.717, 1.165) is 28.9 Å². The van der Waals surface area contributed by atoms with Gasteiger partial charge in [-0.15, -0.1) is 0 Å². The Balaban J connectivity index is 1.43. The highest BCUT2D eigenvalue weighted by molar-refractivity contribution is 5.89. The van der Waals surface area contributed by atoms with Crippen LogP contribution in [0.3, 0.4) is 0 Å². The minimum atomic E-state index is -0.488. The van der Waals surface area contributed by atoms with E-state index in [4.69, 9.17) is 4.74 Å². The van der Waals surface area contributed by atoms with Crippen LogP contribution in [0.1, 0.15) is 25.3 Å². The Bertz CT molecular complexity index is 1000. The van der Waals surface area contributed by atoms with Crippen molar-refractivity contribution in [2.24, 2.45) is 5.92 Å². The van der Waals surface area contributed by atoms with Gasteiger partial charge < -0.3 is 19.9 Å². The van der Waals surface area contributed by atoms with Crippen LogP contribution in [0.2, 0.25) is 0 Å². The fraction of sp³-hybridized carbons (Fsp3) is 0.423. The molecule has 33 heavy (non-hydrogen) atoms. The zero-order valence-electron chi connectivity index (χ0n) is 19.3. The fourth-order valence-corrected chi connectivity index (χ4v) is 4.63. The molecule has 0 aromatic heterocycles. The highest BCUT2D eigenvalue weighted by atomic mass is 16.5. The van der Waals surface area contributed by atoms with Gasteiger partial charge >= 0.3 is 0 Å². The van der Waals surface area contributed by atoms with Crippen molar-refractivity contribution in [1.29, 1.82) is 0 Å². The van der Waals surface area contributed by atoms with E-state index < -0.39 is 6.04 Å². The number of hydrogen-bond donors (Lipinski definition) is 1. The van der Waals surface area contributed by atoms with Crippen LogP contribution < -0.4 is 10.1 Å². The lowest BCUT2D eigenvalue weighted by Gasteiger charge is -2.30. The molecular weight excluding hydrogens is 418 g/mol. The molecule has 0 unspecified atom stereocenters. The van der Waals surface area contributed by atoms with E-state index in [1.54, 1.807) is 23.8 Å². The Kier molecular flexibility index (Phi) is 6.96. The van der Waals surface area contributed by atoms with Gasteiger partial charge in [0.05, 0.1) is 13.0 Å². The summed E-state index contributed by atoms with van der Waals surface area (Å²) >= 11 is 0. The Morgan fingerprint density at radius 3 is 2.33 bits per heavy atom. The number of carbonyl (C=O) groups is 3. The lowest BCUT2D eigenvalue weighted by molar-refractivity contribution is -0.143. The zero-order chi connectivity index (χ0) is 23.4. The first-order valence-electron chi connectivity index (χ1n) is 11.6. The molecule has 2 heterocycles. The van der Waals surface area contributed by atoms with Crippen LogP contribution in [0.25, 0.3) is 11.1 Å². The molecule has 2 aliphatic heterocycles. The second-order valence-corrected chi connectivity index (χ2v) is 8.77. The second kappa shape index (κ2) is 10.1. The maximum absolute atomic E-state index is 13.1. The molecule has 0 bridgehead atoms. The first kappa shape index (κ1) is 22.8. The SMILES string of the molecule is COc1ccc(-c2ccc(C[C@H]3CN(C(=O)[C@H](C)N4CCCC4=O)CCNC3=O)cc2)cc1. The molecular formula is C26H31N3O4. The third-order valence-corrected chi connectivity index (χ3v) is 6.60. The Hall–Kier alpha value is -3.35. The lowest BCUT2D eigenvalue weighted by Crippen LogP contribution is -2.49. The number of carbonyl (C=O) groups excluding carboxylic acids is 3. The maximum Gasteiger partial charge on any atom is 0.245 e. The molecule has 2 aromatic rings. The van der Waals surface area contributed by atoms with E-state index >= 15 is 0 Å². The summed E-state index contributed by atoms with van der Waals surface area (Å²) in [5, 5.41) is 2.94. The number of hydrogen-bond acceptors (Lipinski definition) is 4. The quantitative estimate of drug-likeness (QED) is 0.735. The van der Waals surface area contributed by atoms with Crippen LogP contribution in [0.5, 0.6) is 5.75 Å². The number of likely N-dealkylation sites (tertiary alicyclic amines) is 1. The summed E-state index contributed by atoms with van der Waals surface area (Å²) in [6.45, 7) is 3.67. The second-order valence-electron chi connectivity index (χ2n) is 8.77. The van der Waals surface area contributed by atoms with Gasteiger partial charge in [-0.25, -0.2) is 0 Å². The van der Waals surface area contributed by atoms with Crippen molar-refractivity contribution in [3.05, 3.63) is 54.1 Å². The van der Waals surface area contributed by atoms with Crippen molar-refractivity contribution in [1.82, 2.24) is 15.1 Å². The van der Waals surface area contributed by atoms with Crippen molar-refractivity contribution in [3.63, 3.8) is 0 Å². The summed E-state index contributed by atoms with van der Waals surface area (Å²) < 4.78 is 5.22. The predicted molar refractivity (Wildman–Crippen MR) is 126 cm³/mol. The molecule has 2 aromatic carbocycles. The molecule has 7 heteroatoms. The van der Waals surface area contributed by atoms with Gasteiger partial charge in [0.25, 0.3) is 0 Å². The van der Waals surface area contributed by atoms with E-state index in [9.17, 15) is 14.4 Å². The summed E-state index contributed by atoms with van der Waals surface area (Å²) in [6, 6.07) is 15.6. The smallest absolute Gasteiger partial charge is 0.245 e. The van der Waals surface area contributed by atoms with Crippen molar-refractivity contribution in [2.45, 2.75) is 32.2 Å². The van der Waals surface area contributed by atoms with Crippen LogP contribution in [0.15, 0.2) is 48.5 Å². The van der Waals surface area contributed by atoms with Gasteiger partial charge in [-0.2, -0.15) is 0 Å². The number of benzene rings is 2. The van der Waals surface area contributed by atoms with Crippen LogP contribution in [0, 0.1) is 5.92 Å². The van der Waals surface area contributed by atoms with Crippen LogP contribution in [0.4, 0.5) is 0 Å². The standard InChI is InChI=1S/C26H31N3O4/c1-18(29-14-3-4-24(29)30)26(32)28-15-13-27-25(31)22(17-28)16-19-5-7-20(8-6-19)21-9-11-23(33-2)12-10-21/h5-12,18,22H,3-4,13-17H2,1-2H3,(H,27,31)/t18-,22-/m0/s1. The highest BCUT2D eigenvalue weighted by Crippen LogP contribution is 2.24. The van der Waals surface area contributed by atoms with E-state index in [0.29, 0.717) is 39.0 Å². The Morgan fingerprint density at radius 1 is 1.06 bits per heavy atom. The third kappa shape index (κ3) is 5.18. The van der Waals surface area contributed by atoms with Crippen LogP contribution >= 0.6 is 0 Å². The number of methoxy groups -OCH3 is 1. The van der Waals surface area contributed by atoms with E-state index in [1.807, 2.05) is 36.4 Å². The molecule has 0 radical (unpaired) electrons. The average molecular weight is 450 g/mol. The minimum absolute atomic E-state index is 0.0329. The van der Waals surface area contributed by atoms with Gasteiger partial charge in [-0.1, -0.05) is 36.4 Å². The van der Waals surface area contributed by atoms with Crippen molar-refractivity contribution >= 4 is 17.7 Å². The molecule has 2 saturated heterocycles. The van der Waals surface area contributed by atoms with Crippen LogP contribution in [-0.4, -0.2) is 66.9 Å². The minimum Gasteiger partial charge on any atom is -0.497 e. The number of rotatable bonds is 6. The van der Waals surface area contributed by atoms with Gasteiger partial charge in [0, 0.05) is 32.6 Å². The lowest BCUT2D eigenvalue weighted by atomic mass is 9.96. The summed E-state index contributed by atoms with van der Waals surface area (Å²) in [5.41, 5.74) is 3.23. The van der Waals surface area contributed by atoms with Gasteiger partial charge in [-0.05, 0) is 48.6 Å². The zero-order valence-corrected chi connectivity index (χ0v) is 19.3. The first-order chi connectivity index (χ1) is 16.0. The van der Waals surface area contributed by atoms with E-state index in [1.165, 1.54) is 0 Å². The highest BCUT2D eigenvalue weighted by Gasteiger charge is 2.34. The van der Waals surface area contributed by atoms with E-state index in [-0.39, 0.29) is 23.6 Å². The molecule has 174 valence electrons.